The van der Waals surface area contributed by atoms with Gasteiger partial charge in [-0.15, -0.1) is 0 Å². The highest BCUT2D eigenvalue weighted by Crippen LogP contribution is 2.33. The van der Waals surface area contributed by atoms with Crippen LogP contribution in [0.1, 0.15) is 24.0 Å². The summed E-state index contributed by atoms with van der Waals surface area (Å²) in [7, 11) is -1.54. The second-order valence-electron chi connectivity index (χ2n) is 6.27. The molecule has 1 aliphatic rings. The Morgan fingerprint density at radius 1 is 1.00 bits per heavy atom. The highest BCUT2D eigenvalue weighted by atomic mass is 32.2. The van der Waals surface area contributed by atoms with Crippen molar-refractivity contribution >= 4 is 15.6 Å². The lowest BCUT2D eigenvalue weighted by atomic mass is 9.89. The van der Waals surface area contributed by atoms with Crippen molar-refractivity contribution in [1.29, 1.82) is 0 Å². The van der Waals surface area contributed by atoms with E-state index in [9.17, 15) is 8.42 Å². The third-order valence-corrected chi connectivity index (χ3v) is 5.77. The molecule has 0 aromatic heterocycles. The zero-order chi connectivity index (χ0) is 17.9. The van der Waals surface area contributed by atoms with Crippen LogP contribution in [0, 0.1) is 0 Å². The molecule has 0 saturated carbocycles. The Labute approximate surface area is 149 Å². The Hall–Kier alpha value is -2.11. The molecule has 1 fully saturated rings. The van der Waals surface area contributed by atoms with Crippen molar-refractivity contribution < 1.29 is 13.2 Å². The van der Waals surface area contributed by atoms with E-state index in [-0.39, 0.29) is 0 Å². The molecular weight excluding hydrogens is 334 g/mol. The molecule has 2 aromatic rings. The van der Waals surface area contributed by atoms with Crippen molar-refractivity contribution in [2.24, 2.45) is 0 Å². The third kappa shape index (κ3) is 4.11. The number of hydrogen-bond donors (Lipinski definition) is 0. The molecule has 1 aliphatic heterocycles. The van der Waals surface area contributed by atoms with Gasteiger partial charge < -0.3 is 4.74 Å². The van der Waals surface area contributed by atoms with Crippen LogP contribution in [0.25, 0.3) is 5.57 Å². The Kier molecular flexibility index (Phi) is 5.25. The molecule has 0 unspecified atom stereocenters. The van der Waals surface area contributed by atoms with Gasteiger partial charge in [-0.25, -0.2) is 8.42 Å². The van der Waals surface area contributed by atoms with Crippen molar-refractivity contribution in [3.63, 3.8) is 0 Å². The predicted octanol–water partition coefficient (Wildman–Crippen LogP) is 3.55. The molecule has 0 N–H and O–H groups in total. The van der Waals surface area contributed by atoms with Crippen molar-refractivity contribution in [2.45, 2.75) is 12.8 Å². The fourth-order valence-electron chi connectivity index (χ4n) is 3.26. The molecule has 0 bridgehead atoms. The van der Waals surface area contributed by atoms with Crippen molar-refractivity contribution in [2.75, 3.05) is 26.5 Å². The van der Waals surface area contributed by atoms with E-state index < -0.39 is 10.0 Å². The van der Waals surface area contributed by atoms with E-state index in [0.29, 0.717) is 13.1 Å². The van der Waals surface area contributed by atoms with Gasteiger partial charge in [0.1, 0.15) is 5.75 Å². The number of hydrogen-bond acceptors (Lipinski definition) is 3. The van der Waals surface area contributed by atoms with Crippen LogP contribution in [0.2, 0.25) is 0 Å². The maximum Gasteiger partial charge on any atom is 0.211 e. The van der Waals surface area contributed by atoms with Crippen LogP contribution in [0.4, 0.5) is 0 Å². The first-order valence-corrected chi connectivity index (χ1v) is 10.2. The van der Waals surface area contributed by atoms with Gasteiger partial charge in [0.25, 0.3) is 0 Å². The van der Waals surface area contributed by atoms with Gasteiger partial charge in [-0.05, 0) is 47.2 Å². The molecule has 4 nitrogen and oxygen atoms in total. The molecule has 1 saturated heterocycles. The predicted molar refractivity (Wildman–Crippen MR) is 101 cm³/mol. The smallest absolute Gasteiger partial charge is 0.211 e. The van der Waals surface area contributed by atoms with E-state index in [4.69, 9.17) is 4.74 Å². The second kappa shape index (κ2) is 7.42. The number of sulfonamides is 1. The first-order valence-electron chi connectivity index (χ1n) is 8.36. The van der Waals surface area contributed by atoms with Crippen molar-refractivity contribution in [3.8, 4) is 5.75 Å². The monoisotopic (exact) mass is 357 g/mol. The molecule has 5 heteroatoms. The summed E-state index contributed by atoms with van der Waals surface area (Å²) in [5, 5.41) is 0. The number of benzene rings is 2. The van der Waals surface area contributed by atoms with Crippen LogP contribution in [0.3, 0.4) is 0 Å². The minimum Gasteiger partial charge on any atom is -0.497 e. The van der Waals surface area contributed by atoms with Gasteiger partial charge in [-0.1, -0.05) is 42.5 Å². The summed E-state index contributed by atoms with van der Waals surface area (Å²) in [5.74, 6) is 0.808. The van der Waals surface area contributed by atoms with Gasteiger partial charge >= 0.3 is 0 Å². The second-order valence-corrected chi connectivity index (χ2v) is 8.26. The zero-order valence-corrected chi connectivity index (χ0v) is 15.4. The maximum absolute atomic E-state index is 12.0. The van der Waals surface area contributed by atoms with E-state index in [1.165, 1.54) is 6.26 Å². The standard InChI is InChI=1S/C20H23NO3S/c1-24-19-12-10-17(11-13-19)20(16-7-4-3-5-8-16)18-9-6-14-21(15-18)25(2,22)23/h3-5,7-8,10-13H,6,9,14-15H2,1-2H3/b20-18-. The summed E-state index contributed by atoms with van der Waals surface area (Å²) in [6.07, 6.45) is 3.03. The Balaban J connectivity index is 2.10. The molecule has 1 heterocycles. The molecular formula is C20H23NO3S. The fourth-order valence-corrected chi connectivity index (χ4v) is 4.12. The first-order chi connectivity index (χ1) is 12.0. The van der Waals surface area contributed by atoms with E-state index in [0.717, 1.165) is 40.9 Å². The molecule has 3 rings (SSSR count). The van der Waals surface area contributed by atoms with Crippen molar-refractivity contribution in [3.05, 3.63) is 71.3 Å². The molecule has 0 aliphatic carbocycles. The number of piperidine rings is 1. The van der Waals surface area contributed by atoms with E-state index in [1.54, 1.807) is 11.4 Å². The fraction of sp³-hybridized carbons (Fsp3) is 0.300. The summed E-state index contributed by atoms with van der Waals surface area (Å²) < 4.78 is 30.8. The van der Waals surface area contributed by atoms with Crippen LogP contribution in [-0.2, 0) is 10.0 Å². The number of rotatable bonds is 4. The van der Waals surface area contributed by atoms with Crippen LogP contribution in [-0.4, -0.2) is 39.2 Å². The molecule has 25 heavy (non-hydrogen) atoms. The highest BCUT2D eigenvalue weighted by molar-refractivity contribution is 7.88. The van der Waals surface area contributed by atoms with Gasteiger partial charge in [0.05, 0.1) is 13.4 Å². The van der Waals surface area contributed by atoms with Crippen LogP contribution < -0.4 is 4.74 Å². The molecule has 0 radical (unpaired) electrons. The summed E-state index contributed by atoms with van der Waals surface area (Å²) in [5.41, 5.74) is 4.47. The van der Waals surface area contributed by atoms with Gasteiger partial charge in [0.15, 0.2) is 0 Å². The van der Waals surface area contributed by atoms with E-state index in [1.807, 2.05) is 42.5 Å². The molecule has 0 spiro atoms. The third-order valence-electron chi connectivity index (χ3n) is 4.52. The maximum atomic E-state index is 12.0. The lowest BCUT2D eigenvalue weighted by Crippen LogP contribution is -2.36. The first kappa shape index (κ1) is 17.7. The van der Waals surface area contributed by atoms with Crippen molar-refractivity contribution in [1.82, 2.24) is 4.31 Å². The summed E-state index contributed by atoms with van der Waals surface area (Å²) >= 11 is 0. The number of methoxy groups -OCH3 is 1. The molecule has 132 valence electrons. The minimum atomic E-state index is -3.19. The Morgan fingerprint density at radius 2 is 1.64 bits per heavy atom. The van der Waals surface area contributed by atoms with Gasteiger partial charge in [-0.2, -0.15) is 4.31 Å². The molecule has 0 amide bonds. The SMILES string of the molecule is COc1ccc(/C(=C2/CCCN(S(C)(=O)=O)C2)c2ccccc2)cc1. The zero-order valence-electron chi connectivity index (χ0n) is 14.6. The summed E-state index contributed by atoms with van der Waals surface area (Å²) in [6.45, 7) is 1.04. The minimum absolute atomic E-state index is 0.453. The normalized spacial score (nSPS) is 18.0. The largest absolute Gasteiger partial charge is 0.497 e. The Bertz CT molecular complexity index is 856. The number of nitrogens with zero attached hydrogens (tertiary/aromatic N) is 1. The van der Waals surface area contributed by atoms with Gasteiger partial charge in [0, 0.05) is 13.1 Å². The molecule has 0 atom stereocenters. The average molecular weight is 357 g/mol. The van der Waals surface area contributed by atoms with Gasteiger partial charge in [-0.3, -0.25) is 0 Å². The van der Waals surface area contributed by atoms with Crippen LogP contribution >= 0.6 is 0 Å². The quantitative estimate of drug-likeness (QED) is 0.841. The van der Waals surface area contributed by atoms with Crippen LogP contribution in [0.5, 0.6) is 5.75 Å². The number of ether oxygens (including phenoxy) is 1. The Morgan fingerprint density at radius 3 is 2.24 bits per heavy atom. The van der Waals surface area contributed by atoms with Crippen LogP contribution in [0.15, 0.2) is 60.2 Å². The summed E-state index contributed by atoms with van der Waals surface area (Å²) in [4.78, 5) is 0. The molecule has 2 aromatic carbocycles. The topological polar surface area (TPSA) is 46.6 Å². The lowest BCUT2D eigenvalue weighted by molar-refractivity contribution is 0.399. The van der Waals surface area contributed by atoms with E-state index >= 15 is 0 Å². The van der Waals surface area contributed by atoms with Gasteiger partial charge in [0.2, 0.25) is 10.0 Å². The average Bonchev–Trinajstić information content (AvgIpc) is 2.63. The van der Waals surface area contributed by atoms with E-state index in [2.05, 4.69) is 12.1 Å². The lowest BCUT2D eigenvalue weighted by Gasteiger charge is -2.29. The summed E-state index contributed by atoms with van der Waals surface area (Å²) in [6, 6.07) is 18.1. The highest BCUT2D eigenvalue weighted by Gasteiger charge is 2.24.